The number of aryl methyl sites for hydroxylation is 1. The molecule has 0 saturated heterocycles. The van der Waals surface area contributed by atoms with Crippen molar-refractivity contribution in [1.82, 2.24) is 9.97 Å². The van der Waals surface area contributed by atoms with E-state index in [-0.39, 0.29) is 23.8 Å². The Hall–Kier alpha value is -3.56. The summed E-state index contributed by atoms with van der Waals surface area (Å²) in [5.74, 6) is -1.48. The van der Waals surface area contributed by atoms with Crippen molar-refractivity contribution < 1.29 is 14.3 Å². The van der Waals surface area contributed by atoms with E-state index in [9.17, 15) is 14.4 Å². The molecular weight excluding hydrogens is 469 g/mol. The van der Waals surface area contributed by atoms with Crippen LogP contribution in [0.4, 0.5) is 23.1 Å². The van der Waals surface area contributed by atoms with E-state index in [4.69, 9.17) is 27.9 Å². The van der Waals surface area contributed by atoms with E-state index in [1.165, 1.54) is 7.11 Å². The maximum atomic E-state index is 13.1. The Bertz CT molecular complexity index is 1300. The van der Waals surface area contributed by atoms with Crippen LogP contribution in [0.15, 0.2) is 41.2 Å². The highest BCUT2D eigenvalue weighted by atomic mass is 35.5. The Kier molecular flexibility index (Phi) is 6.26. The first-order chi connectivity index (χ1) is 15.7. The molecule has 170 valence electrons. The lowest BCUT2D eigenvalue weighted by atomic mass is 9.92. The lowest BCUT2D eigenvalue weighted by Gasteiger charge is -2.24. The van der Waals surface area contributed by atoms with Gasteiger partial charge < -0.3 is 20.7 Å². The number of nitrogens with one attached hydrogen (secondary N) is 4. The van der Waals surface area contributed by atoms with Gasteiger partial charge in [-0.25, -0.2) is 0 Å². The predicted octanol–water partition coefficient (Wildman–Crippen LogP) is 4.20. The Morgan fingerprint density at radius 3 is 2.58 bits per heavy atom. The van der Waals surface area contributed by atoms with Gasteiger partial charge in [0.05, 0.1) is 24.3 Å². The lowest BCUT2D eigenvalue weighted by molar-refractivity contribution is -0.123. The summed E-state index contributed by atoms with van der Waals surface area (Å²) < 4.78 is 5.29. The number of hydrogen-bond donors (Lipinski definition) is 4. The third kappa shape index (κ3) is 4.94. The molecule has 11 heteroatoms. The Morgan fingerprint density at radius 2 is 1.88 bits per heavy atom. The van der Waals surface area contributed by atoms with Crippen molar-refractivity contribution in [2.45, 2.75) is 19.3 Å². The third-order valence-electron chi connectivity index (χ3n) is 5.01. The first kappa shape index (κ1) is 22.6. The van der Waals surface area contributed by atoms with E-state index < -0.39 is 23.3 Å². The van der Waals surface area contributed by atoms with E-state index in [2.05, 4.69) is 25.9 Å². The molecule has 0 radical (unpaired) electrons. The average molecular weight is 488 g/mol. The minimum Gasteiger partial charge on any atom is -0.495 e. The second-order valence-corrected chi connectivity index (χ2v) is 8.33. The summed E-state index contributed by atoms with van der Waals surface area (Å²) in [7, 11) is 1.49. The number of amides is 2. The number of H-pyrrole nitrogens is 1. The lowest BCUT2D eigenvalue weighted by Crippen LogP contribution is -2.36. The number of hydrogen-bond acceptors (Lipinski definition) is 6. The SMILES string of the molecule is COc1ccc(C)cc1NC(=O)[C@H]1CC(=O)Nc2nc(Nc3cc(Cl)cc(Cl)c3)[nH]c(=O)c21. The molecule has 33 heavy (non-hydrogen) atoms. The molecule has 1 aliphatic rings. The number of rotatable bonds is 5. The van der Waals surface area contributed by atoms with Gasteiger partial charge in [-0.2, -0.15) is 4.98 Å². The van der Waals surface area contributed by atoms with Crippen LogP contribution in [0.25, 0.3) is 0 Å². The van der Waals surface area contributed by atoms with E-state index in [0.717, 1.165) is 5.56 Å². The average Bonchev–Trinajstić information content (AvgIpc) is 2.72. The fourth-order valence-corrected chi connectivity index (χ4v) is 4.08. The fraction of sp³-hybridized carbons (Fsp3) is 0.182. The molecule has 2 heterocycles. The number of aromatic amines is 1. The highest BCUT2D eigenvalue weighted by molar-refractivity contribution is 6.35. The Balaban J connectivity index is 1.66. The minimum atomic E-state index is -1.04. The molecule has 4 rings (SSSR count). The predicted molar refractivity (Wildman–Crippen MR) is 127 cm³/mol. The van der Waals surface area contributed by atoms with Gasteiger partial charge in [-0.1, -0.05) is 29.3 Å². The number of halogens is 2. The quantitative estimate of drug-likeness (QED) is 0.427. The van der Waals surface area contributed by atoms with Gasteiger partial charge in [0.1, 0.15) is 11.6 Å². The molecule has 4 N–H and O–H groups in total. The van der Waals surface area contributed by atoms with Crippen LogP contribution < -0.4 is 26.2 Å². The summed E-state index contributed by atoms with van der Waals surface area (Å²) >= 11 is 12.0. The van der Waals surface area contributed by atoms with E-state index in [1.54, 1.807) is 30.3 Å². The summed E-state index contributed by atoms with van der Waals surface area (Å²) in [4.78, 5) is 45.2. The summed E-state index contributed by atoms with van der Waals surface area (Å²) in [5.41, 5.74) is 1.33. The van der Waals surface area contributed by atoms with Gasteiger partial charge in [-0.15, -0.1) is 0 Å². The number of nitrogens with zero attached hydrogens (tertiary/aromatic N) is 1. The van der Waals surface area contributed by atoms with E-state index >= 15 is 0 Å². The third-order valence-corrected chi connectivity index (χ3v) is 5.44. The molecule has 2 aromatic carbocycles. The zero-order valence-corrected chi connectivity index (χ0v) is 19.1. The van der Waals surface area contributed by atoms with E-state index in [0.29, 0.717) is 27.2 Å². The van der Waals surface area contributed by atoms with Crippen molar-refractivity contribution in [3.63, 3.8) is 0 Å². The van der Waals surface area contributed by atoms with Crippen molar-refractivity contribution in [1.29, 1.82) is 0 Å². The number of benzene rings is 2. The van der Waals surface area contributed by atoms with Crippen LogP contribution >= 0.6 is 23.2 Å². The number of anilines is 4. The van der Waals surface area contributed by atoms with Crippen molar-refractivity contribution in [3.8, 4) is 5.75 Å². The van der Waals surface area contributed by atoms with Gasteiger partial charge in [0.2, 0.25) is 17.8 Å². The van der Waals surface area contributed by atoms with Gasteiger partial charge in [0, 0.05) is 22.2 Å². The molecule has 1 aromatic heterocycles. The van der Waals surface area contributed by atoms with Crippen LogP contribution in [0.2, 0.25) is 10.0 Å². The molecule has 0 fully saturated rings. The maximum Gasteiger partial charge on any atom is 0.258 e. The molecule has 0 bridgehead atoms. The highest BCUT2D eigenvalue weighted by Gasteiger charge is 2.35. The smallest absolute Gasteiger partial charge is 0.258 e. The van der Waals surface area contributed by atoms with Gasteiger partial charge in [0.25, 0.3) is 5.56 Å². The number of carbonyl (C=O) groups is 2. The number of methoxy groups -OCH3 is 1. The fourth-order valence-electron chi connectivity index (χ4n) is 3.56. The maximum absolute atomic E-state index is 13.1. The Labute approximate surface area is 198 Å². The van der Waals surface area contributed by atoms with Gasteiger partial charge in [-0.3, -0.25) is 19.4 Å². The molecule has 0 saturated carbocycles. The largest absolute Gasteiger partial charge is 0.495 e. The zero-order chi connectivity index (χ0) is 23.7. The zero-order valence-electron chi connectivity index (χ0n) is 17.6. The summed E-state index contributed by atoms with van der Waals surface area (Å²) in [6, 6.07) is 10.1. The number of ether oxygens (including phenoxy) is 1. The standard InChI is InChI=1S/C22H19Cl2N5O4/c1-10-3-4-16(33-2)15(5-10)26-20(31)14-9-17(30)27-19-18(14)21(32)29-22(28-19)25-13-7-11(23)6-12(24)8-13/h3-8,14H,9H2,1-2H3,(H,26,31)(H3,25,27,28,29,30,32)/t14-/m0/s1. The summed E-state index contributed by atoms with van der Waals surface area (Å²) in [5, 5.41) is 9.00. The first-order valence-corrected chi connectivity index (χ1v) is 10.6. The second kappa shape index (κ2) is 9.13. The molecular formula is C22H19Cl2N5O4. The Morgan fingerprint density at radius 1 is 1.15 bits per heavy atom. The van der Waals surface area contributed by atoms with Crippen molar-refractivity contribution in [3.05, 3.63) is 67.9 Å². The van der Waals surface area contributed by atoms with Crippen LogP contribution in [0.3, 0.4) is 0 Å². The summed E-state index contributed by atoms with van der Waals surface area (Å²) in [6.07, 6.45) is -0.200. The molecule has 9 nitrogen and oxygen atoms in total. The van der Waals surface area contributed by atoms with Crippen molar-refractivity contribution in [2.24, 2.45) is 0 Å². The molecule has 0 spiro atoms. The molecule has 1 aliphatic heterocycles. The van der Waals surface area contributed by atoms with Gasteiger partial charge in [-0.05, 0) is 42.8 Å². The van der Waals surface area contributed by atoms with Crippen LogP contribution in [0.1, 0.15) is 23.5 Å². The molecule has 0 aliphatic carbocycles. The van der Waals surface area contributed by atoms with Crippen LogP contribution in [0.5, 0.6) is 5.75 Å². The molecule has 1 atom stereocenters. The number of carbonyl (C=O) groups excluding carboxylic acids is 2. The first-order valence-electron chi connectivity index (χ1n) is 9.86. The minimum absolute atomic E-state index is 0.00184. The highest BCUT2D eigenvalue weighted by Crippen LogP contribution is 2.32. The summed E-state index contributed by atoms with van der Waals surface area (Å²) in [6.45, 7) is 1.87. The van der Waals surface area contributed by atoms with E-state index in [1.807, 2.05) is 13.0 Å². The molecule has 3 aromatic rings. The number of fused-ring (bicyclic) bond motifs is 1. The van der Waals surface area contributed by atoms with Crippen molar-refractivity contribution in [2.75, 3.05) is 23.1 Å². The van der Waals surface area contributed by atoms with Crippen LogP contribution in [-0.2, 0) is 9.59 Å². The van der Waals surface area contributed by atoms with Gasteiger partial charge in [0.15, 0.2) is 0 Å². The molecule has 2 amide bonds. The second-order valence-electron chi connectivity index (χ2n) is 7.46. The van der Waals surface area contributed by atoms with Crippen LogP contribution in [-0.4, -0.2) is 28.9 Å². The van der Waals surface area contributed by atoms with Crippen LogP contribution in [0, 0.1) is 6.92 Å². The normalized spacial score (nSPS) is 14.8. The monoisotopic (exact) mass is 487 g/mol. The van der Waals surface area contributed by atoms with Gasteiger partial charge >= 0.3 is 0 Å². The number of aromatic nitrogens is 2. The topological polar surface area (TPSA) is 125 Å². The molecule has 0 unspecified atom stereocenters. The van der Waals surface area contributed by atoms with Crippen molar-refractivity contribution >= 4 is 58.2 Å².